The standard InChI is InChI=1S/C20H35N3O/c1-4-5-17-24-20(19-9-7-6-8-10-19)18-23-15-13-22(14-16-23)12-11-21(2)3/h6-10,20H,4-5,11-18H2,1-3H3. The minimum Gasteiger partial charge on any atom is -0.372 e. The summed E-state index contributed by atoms with van der Waals surface area (Å²) in [7, 11) is 4.29. The van der Waals surface area contributed by atoms with Gasteiger partial charge in [-0.15, -0.1) is 0 Å². The van der Waals surface area contributed by atoms with Crippen LogP contribution in [-0.2, 0) is 4.74 Å². The molecule has 136 valence electrons. The van der Waals surface area contributed by atoms with E-state index < -0.39 is 0 Å². The molecule has 2 rings (SSSR count). The van der Waals surface area contributed by atoms with Crippen LogP contribution in [0.5, 0.6) is 0 Å². The fraction of sp³-hybridized carbons (Fsp3) is 0.700. The first-order chi connectivity index (χ1) is 11.7. The predicted molar refractivity (Wildman–Crippen MR) is 101 cm³/mol. The molecule has 0 radical (unpaired) electrons. The molecule has 1 aliphatic heterocycles. The van der Waals surface area contributed by atoms with Crippen LogP contribution in [0, 0.1) is 0 Å². The van der Waals surface area contributed by atoms with Gasteiger partial charge < -0.3 is 9.64 Å². The minimum absolute atomic E-state index is 0.200. The van der Waals surface area contributed by atoms with Gasteiger partial charge in [0.2, 0.25) is 0 Å². The number of unbranched alkanes of at least 4 members (excludes halogenated alkanes) is 1. The Morgan fingerprint density at radius 1 is 1.04 bits per heavy atom. The lowest BCUT2D eigenvalue weighted by atomic mass is 10.1. The van der Waals surface area contributed by atoms with Crippen LogP contribution in [-0.4, -0.2) is 81.2 Å². The number of ether oxygens (including phenoxy) is 1. The van der Waals surface area contributed by atoms with E-state index in [1.54, 1.807) is 0 Å². The Morgan fingerprint density at radius 2 is 1.71 bits per heavy atom. The van der Waals surface area contributed by atoms with Gasteiger partial charge in [-0.1, -0.05) is 43.7 Å². The molecule has 4 heteroatoms. The topological polar surface area (TPSA) is 19.0 Å². The second-order valence-corrected chi connectivity index (χ2v) is 7.07. The second-order valence-electron chi connectivity index (χ2n) is 7.07. The molecule has 1 atom stereocenters. The summed E-state index contributed by atoms with van der Waals surface area (Å²) in [5, 5.41) is 0. The Morgan fingerprint density at radius 3 is 2.33 bits per heavy atom. The van der Waals surface area contributed by atoms with Crippen LogP contribution in [0.2, 0.25) is 0 Å². The molecule has 1 aliphatic rings. The number of likely N-dealkylation sites (N-methyl/N-ethyl adjacent to an activating group) is 1. The monoisotopic (exact) mass is 333 g/mol. The van der Waals surface area contributed by atoms with Crippen LogP contribution in [0.15, 0.2) is 30.3 Å². The van der Waals surface area contributed by atoms with Gasteiger partial charge >= 0.3 is 0 Å². The molecule has 4 nitrogen and oxygen atoms in total. The van der Waals surface area contributed by atoms with Gasteiger partial charge in [-0.2, -0.15) is 0 Å². The number of hydrogen-bond donors (Lipinski definition) is 0. The highest BCUT2D eigenvalue weighted by atomic mass is 16.5. The van der Waals surface area contributed by atoms with Gasteiger partial charge in [0.25, 0.3) is 0 Å². The molecule has 0 aliphatic carbocycles. The summed E-state index contributed by atoms with van der Waals surface area (Å²) >= 11 is 0. The zero-order valence-electron chi connectivity index (χ0n) is 15.8. The Hall–Kier alpha value is -0.940. The lowest BCUT2D eigenvalue weighted by Gasteiger charge is -2.36. The molecular formula is C20H35N3O. The minimum atomic E-state index is 0.200. The van der Waals surface area contributed by atoms with Gasteiger partial charge in [0.05, 0.1) is 6.10 Å². The maximum absolute atomic E-state index is 6.22. The second kappa shape index (κ2) is 10.8. The third-order valence-electron chi connectivity index (χ3n) is 4.74. The van der Waals surface area contributed by atoms with Crippen molar-refractivity contribution in [1.82, 2.24) is 14.7 Å². The Labute approximate surface area is 148 Å². The Bertz CT molecular complexity index is 430. The van der Waals surface area contributed by atoms with Crippen molar-refractivity contribution in [3.8, 4) is 0 Å². The molecule has 0 N–H and O–H groups in total. The average Bonchev–Trinajstić information content (AvgIpc) is 2.61. The van der Waals surface area contributed by atoms with Crippen LogP contribution in [0.25, 0.3) is 0 Å². The summed E-state index contributed by atoms with van der Waals surface area (Å²) in [6.45, 7) is 11.0. The highest BCUT2D eigenvalue weighted by molar-refractivity contribution is 5.18. The van der Waals surface area contributed by atoms with Gasteiger partial charge in [0.15, 0.2) is 0 Å². The fourth-order valence-corrected chi connectivity index (χ4v) is 3.06. The van der Waals surface area contributed by atoms with Crippen molar-refractivity contribution >= 4 is 0 Å². The zero-order valence-corrected chi connectivity index (χ0v) is 15.8. The molecular weight excluding hydrogens is 298 g/mol. The highest BCUT2D eigenvalue weighted by Crippen LogP contribution is 2.20. The van der Waals surface area contributed by atoms with Gasteiger partial charge in [-0.25, -0.2) is 0 Å². The van der Waals surface area contributed by atoms with E-state index in [1.165, 1.54) is 31.6 Å². The molecule has 1 heterocycles. The molecule has 0 spiro atoms. The van der Waals surface area contributed by atoms with Crippen molar-refractivity contribution < 1.29 is 4.74 Å². The number of nitrogens with zero attached hydrogens (tertiary/aromatic N) is 3. The third kappa shape index (κ3) is 6.89. The van der Waals surface area contributed by atoms with E-state index in [0.717, 1.165) is 39.2 Å². The molecule has 0 aromatic heterocycles. The van der Waals surface area contributed by atoms with Crippen molar-refractivity contribution in [2.45, 2.75) is 25.9 Å². The molecule has 1 aromatic carbocycles. The van der Waals surface area contributed by atoms with E-state index in [-0.39, 0.29) is 6.10 Å². The van der Waals surface area contributed by atoms with Crippen molar-refractivity contribution in [1.29, 1.82) is 0 Å². The van der Waals surface area contributed by atoms with Gasteiger partial charge in [-0.05, 0) is 26.1 Å². The molecule has 1 fully saturated rings. The largest absolute Gasteiger partial charge is 0.372 e. The summed E-state index contributed by atoms with van der Waals surface area (Å²) in [5.74, 6) is 0. The molecule has 0 amide bonds. The average molecular weight is 334 g/mol. The van der Waals surface area contributed by atoms with E-state index in [9.17, 15) is 0 Å². The Kier molecular flexibility index (Phi) is 8.75. The fourth-order valence-electron chi connectivity index (χ4n) is 3.06. The zero-order chi connectivity index (χ0) is 17.2. The van der Waals surface area contributed by atoms with Crippen molar-refractivity contribution in [3.63, 3.8) is 0 Å². The summed E-state index contributed by atoms with van der Waals surface area (Å²) in [6.07, 6.45) is 2.53. The number of hydrogen-bond acceptors (Lipinski definition) is 4. The van der Waals surface area contributed by atoms with E-state index in [0.29, 0.717) is 0 Å². The van der Waals surface area contributed by atoms with E-state index >= 15 is 0 Å². The summed E-state index contributed by atoms with van der Waals surface area (Å²) in [6, 6.07) is 10.7. The summed E-state index contributed by atoms with van der Waals surface area (Å²) < 4.78 is 6.22. The first-order valence-electron chi connectivity index (χ1n) is 9.45. The third-order valence-corrected chi connectivity index (χ3v) is 4.74. The quantitative estimate of drug-likeness (QED) is 0.613. The summed E-state index contributed by atoms with van der Waals surface area (Å²) in [4.78, 5) is 7.40. The van der Waals surface area contributed by atoms with Crippen LogP contribution < -0.4 is 0 Å². The first kappa shape index (κ1) is 19.4. The summed E-state index contributed by atoms with van der Waals surface area (Å²) in [5.41, 5.74) is 1.31. The number of piperazine rings is 1. The maximum atomic E-state index is 6.22. The lowest BCUT2D eigenvalue weighted by molar-refractivity contribution is 0.0105. The number of rotatable bonds is 10. The molecule has 1 aromatic rings. The maximum Gasteiger partial charge on any atom is 0.0951 e. The van der Waals surface area contributed by atoms with Crippen LogP contribution in [0.1, 0.15) is 31.4 Å². The van der Waals surface area contributed by atoms with Crippen LogP contribution in [0.4, 0.5) is 0 Å². The van der Waals surface area contributed by atoms with Crippen molar-refractivity contribution in [2.24, 2.45) is 0 Å². The van der Waals surface area contributed by atoms with Crippen molar-refractivity contribution in [2.75, 3.05) is 66.5 Å². The lowest BCUT2D eigenvalue weighted by Crippen LogP contribution is -2.49. The highest BCUT2D eigenvalue weighted by Gasteiger charge is 2.21. The van der Waals surface area contributed by atoms with Crippen LogP contribution >= 0.6 is 0 Å². The molecule has 0 bridgehead atoms. The van der Waals surface area contributed by atoms with E-state index in [1.807, 2.05) is 0 Å². The number of benzene rings is 1. The normalized spacial score (nSPS) is 18.2. The van der Waals surface area contributed by atoms with Crippen molar-refractivity contribution in [3.05, 3.63) is 35.9 Å². The smallest absolute Gasteiger partial charge is 0.0951 e. The first-order valence-corrected chi connectivity index (χ1v) is 9.45. The molecule has 24 heavy (non-hydrogen) atoms. The van der Waals surface area contributed by atoms with E-state index in [4.69, 9.17) is 4.74 Å². The molecule has 0 saturated carbocycles. The van der Waals surface area contributed by atoms with Gasteiger partial charge in [0.1, 0.15) is 0 Å². The Balaban J connectivity index is 1.82. The molecule has 1 unspecified atom stereocenters. The molecule has 1 saturated heterocycles. The van der Waals surface area contributed by atoms with E-state index in [2.05, 4.69) is 66.1 Å². The SMILES string of the molecule is CCCCOC(CN1CCN(CCN(C)C)CC1)c1ccccc1. The van der Waals surface area contributed by atoms with Gasteiger partial charge in [-0.3, -0.25) is 9.80 Å². The predicted octanol–water partition coefficient (Wildman–Crippen LogP) is 2.72. The van der Waals surface area contributed by atoms with Crippen LogP contribution in [0.3, 0.4) is 0 Å². The van der Waals surface area contributed by atoms with Gasteiger partial charge in [0, 0.05) is 52.4 Å².